The first-order valence-corrected chi connectivity index (χ1v) is 14.4. The van der Waals surface area contributed by atoms with Gasteiger partial charge in [-0.3, -0.25) is 9.59 Å². The minimum absolute atomic E-state index is 0.0747. The summed E-state index contributed by atoms with van der Waals surface area (Å²) in [4.78, 5) is 43.1. The zero-order valence-electron chi connectivity index (χ0n) is 25.2. The predicted molar refractivity (Wildman–Crippen MR) is 156 cm³/mol. The van der Waals surface area contributed by atoms with E-state index < -0.39 is 29.3 Å². The lowest BCUT2D eigenvalue weighted by Crippen LogP contribution is -2.61. The smallest absolute Gasteiger partial charge is 0.408 e. The summed E-state index contributed by atoms with van der Waals surface area (Å²) in [6, 6.07) is 5.55. The van der Waals surface area contributed by atoms with Crippen molar-refractivity contribution >= 4 is 17.9 Å². The Balaban J connectivity index is 2.60. The first kappa shape index (κ1) is 32.2. The van der Waals surface area contributed by atoms with E-state index in [1.54, 1.807) is 37.8 Å². The van der Waals surface area contributed by atoms with Gasteiger partial charge in [-0.05, 0) is 77.5 Å². The summed E-state index contributed by atoms with van der Waals surface area (Å²) in [5.74, 6) is 1.90. The van der Waals surface area contributed by atoms with Crippen LogP contribution < -0.4 is 10.6 Å². The number of terminal acetylenes is 1. The molecule has 1 aliphatic rings. The van der Waals surface area contributed by atoms with E-state index >= 15 is 0 Å². The average Bonchev–Trinajstić information content (AvgIpc) is 2.89. The Kier molecular flexibility index (Phi) is 11.5. The molecule has 1 saturated carbocycles. The molecule has 1 aliphatic carbocycles. The molecule has 3 atom stereocenters. The summed E-state index contributed by atoms with van der Waals surface area (Å²) in [5, 5.41) is 6.08. The highest BCUT2D eigenvalue weighted by molar-refractivity contribution is 5.93. The number of amides is 3. The number of alkyl carbamates (subject to hydrolysis) is 1. The third-order valence-electron chi connectivity index (χ3n) is 7.76. The molecule has 3 unspecified atom stereocenters. The summed E-state index contributed by atoms with van der Waals surface area (Å²) >= 11 is 0. The van der Waals surface area contributed by atoms with Crippen LogP contribution in [0.2, 0.25) is 0 Å². The van der Waals surface area contributed by atoms with E-state index in [4.69, 9.17) is 11.2 Å². The fraction of sp³-hybridized carbons (Fsp3) is 0.656. The summed E-state index contributed by atoms with van der Waals surface area (Å²) in [7, 11) is 0. The van der Waals surface area contributed by atoms with Gasteiger partial charge in [-0.1, -0.05) is 64.5 Å². The summed E-state index contributed by atoms with van der Waals surface area (Å²) < 4.78 is 5.50. The van der Waals surface area contributed by atoms with Crippen molar-refractivity contribution in [2.75, 3.05) is 0 Å². The van der Waals surface area contributed by atoms with E-state index in [1.807, 2.05) is 46.8 Å². The third-order valence-corrected chi connectivity index (χ3v) is 7.76. The molecule has 0 bridgehead atoms. The number of rotatable bonds is 10. The molecule has 0 heterocycles. The van der Waals surface area contributed by atoms with E-state index in [0.717, 1.165) is 25.7 Å². The molecule has 0 spiro atoms. The van der Waals surface area contributed by atoms with Gasteiger partial charge in [0.05, 0.1) is 0 Å². The molecule has 216 valence electrons. The quantitative estimate of drug-likeness (QED) is 0.351. The topological polar surface area (TPSA) is 87.7 Å². The first-order chi connectivity index (χ1) is 18.2. The number of benzene rings is 1. The Bertz CT molecular complexity index is 1010. The Morgan fingerprint density at radius 1 is 1.05 bits per heavy atom. The molecular formula is C32H49N3O4. The maximum Gasteiger partial charge on any atom is 0.408 e. The van der Waals surface area contributed by atoms with Gasteiger partial charge in [0.15, 0.2) is 0 Å². The maximum atomic E-state index is 14.5. The second-order valence-electron chi connectivity index (χ2n) is 12.4. The molecule has 2 rings (SSSR count). The van der Waals surface area contributed by atoms with E-state index in [-0.39, 0.29) is 23.8 Å². The number of hydrogen-bond acceptors (Lipinski definition) is 4. The van der Waals surface area contributed by atoms with Gasteiger partial charge in [-0.15, -0.1) is 6.42 Å². The third kappa shape index (κ3) is 9.02. The second kappa shape index (κ2) is 13.9. The number of hydrogen-bond donors (Lipinski definition) is 2. The van der Waals surface area contributed by atoms with Gasteiger partial charge in [0.1, 0.15) is 17.7 Å². The van der Waals surface area contributed by atoms with E-state index in [0.29, 0.717) is 24.0 Å². The molecule has 0 radical (unpaired) electrons. The number of carbonyl (C=O) groups excluding carboxylic acids is 3. The number of nitrogens with zero attached hydrogens (tertiary/aromatic N) is 1. The average molecular weight is 540 g/mol. The van der Waals surface area contributed by atoms with Crippen LogP contribution in [-0.4, -0.2) is 46.0 Å². The van der Waals surface area contributed by atoms with Crippen molar-refractivity contribution in [3.8, 4) is 12.3 Å². The first-order valence-electron chi connectivity index (χ1n) is 14.4. The summed E-state index contributed by atoms with van der Waals surface area (Å²) in [6.07, 6.45) is 11.4. The number of ether oxygens (including phenoxy) is 1. The van der Waals surface area contributed by atoms with Gasteiger partial charge in [0, 0.05) is 17.1 Å². The van der Waals surface area contributed by atoms with Crippen molar-refractivity contribution < 1.29 is 19.1 Å². The normalized spacial score (nSPS) is 16.8. The Labute approximate surface area is 235 Å². The highest BCUT2D eigenvalue weighted by Crippen LogP contribution is 2.34. The lowest BCUT2D eigenvalue weighted by molar-refractivity contribution is -0.150. The molecule has 1 aromatic rings. The van der Waals surface area contributed by atoms with Gasteiger partial charge >= 0.3 is 6.09 Å². The van der Waals surface area contributed by atoms with Crippen LogP contribution in [0.5, 0.6) is 0 Å². The Morgan fingerprint density at radius 3 is 2.13 bits per heavy atom. The second-order valence-corrected chi connectivity index (χ2v) is 12.4. The monoisotopic (exact) mass is 539 g/mol. The fourth-order valence-electron chi connectivity index (χ4n) is 4.92. The molecule has 3 amide bonds. The minimum atomic E-state index is -0.895. The highest BCUT2D eigenvalue weighted by atomic mass is 16.6. The van der Waals surface area contributed by atoms with Gasteiger partial charge in [-0.2, -0.15) is 0 Å². The van der Waals surface area contributed by atoms with Gasteiger partial charge in [0.25, 0.3) is 0 Å². The van der Waals surface area contributed by atoms with Crippen molar-refractivity contribution in [2.24, 2.45) is 5.92 Å². The Hall–Kier alpha value is -3.01. The summed E-state index contributed by atoms with van der Waals surface area (Å²) in [6.45, 7) is 15.2. The maximum absolute atomic E-state index is 14.5. The van der Waals surface area contributed by atoms with E-state index in [1.165, 1.54) is 6.42 Å². The van der Waals surface area contributed by atoms with Crippen LogP contribution in [0.4, 0.5) is 4.79 Å². The van der Waals surface area contributed by atoms with Crippen LogP contribution in [0.1, 0.15) is 118 Å². The van der Waals surface area contributed by atoms with Crippen molar-refractivity contribution in [2.45, 2.75) is 130 Å². The standard InChI is InChI=1S/C32H49N3O4/c1-10-22(4)26(34-30(38)39-31(5,6)7)29(37)35(32(8,9)12-3)27(24-20-18-23(11-2)19-21-24)28(36)33-25-16-14-13-15-17-25/h2,18-22,25-27H,10,12-17H2,1,3-9H3,(H,33,36)(H,34,38). The van der Waals surface area contributed by atoms with Crippen LogP contribution >= 0.6 is 0 Å². The Morgan fingerprint density at radius 2 is 1.64 bits per heavy atom. The largest absolute Gasteiger partial charge is 0.444 e. The van der Waals surface area contributed by atoms with Crippen LogP contribution in [0.3, 0.4) is 0 Å². The van der Waals surface area contributed by atoms with Crippen molar-refractivity contribution in [1.82, 2.24) is 15.5 Å². The predicted octanol–water partition coefficient (Wildman–Crippen LogP) is 6.11. The lowest BCUT2D eigenvalue weighted by Gasteiger charge is -2.45. The minimum Gasteiger partial charge on any atom is -0.444 e. The molecule has 7 nitrogen and oxygen atoms in total. The number of carbonyl (C=O) groups is 3. The molecule has 1 fully saturated rings. The number of nitrogens with one attached hydrogen (secondary N) is 2. The van der Waals surface area contributed by atoms with Crippen LogP contribution in [0, 0.1) is 18.3 Å². The molecule has 1 aromatic carbocycles. The lowest BCUT2D eigenvalue weighted by atomic mass is 9.88. The van der Waals surface area contributed by atoms with E-state index in [2.05, 4.69) is 16.6 Å². The molecule has 7 heteroatoms. The van der Waals surface area contributed by atoms with E-state index in [9.17, 15) is 14.4 Å². The zero-order chi connectivity index (χ0) is 29.4. The van der Waals surface area contributed by atoms with Crippen LogP contribution in [0.25, 0.3) is 0 Å². The van der Waals surface area contributed by atoms with Crippen molar-refractivity contribution in [3.63, 3.8) is 0 Å². The summed E-state index contributed by atoms with van der Waals surface area (Å²) in [5.41, 5.74) is -0.0340. The molecule has 0 aromatic heterocycles. The SMILES string of the molecule is C#Cc1ccc(C(C(=O)NC2CCCCC2)N(C(=O)C(NC(=O)OC(C)(C)C)C(C)CC)C(C)(C)CC)cc1. The van der Waals surface area contributed by atoms with Crippen LogP contribution in [-0.2, 0) is 14.3 Å². The highest BCUT2D eigenvalue weighted by Gasteiger charge is 2.44. The van der Waals surface area contributed by atoms with Gasteiger partial charge < -0.3 is 20.3 Å². The van der Waals surface area contributed by atoms with Crippen LogP contribution in [0.15, 0.2) is 24.3 Å². The molecule has 0 saturated heterocycles. The van der Waals surface area contributed by atoms with Gasteiger partial charge in [0.2, 0.25) is 11.8 Å². The fourth-order valence-corrected chi connectivity index (χ4v) is 4.92. The van der Waals surface area contributed by atoms with Crippen molar-refractivity contribution in [1.29, 1.82) is 0 Å². The molecule has 2 N–H and O–H groups in total. The molecule has 0 aliphatic heterocycles. The zero-order valence-corrected chi connectivity index (χ0v) is 25.2. The van der Waals surface area contributed by atoms with Crippen molar-refractivity contribution in [3.05, 3.63) is 35.4 Å². The van der Waals surface area contributed by atoms with Gasteiger partial charge in [-0.25, -0.2) is 4.79 Å². The molecule has 39 heavy (non-hydrogen) atoms. The molecular weight excluding hydrogens is 490 g/mol.